The van der Waals surface area contributed by atoms with Crippen molar-refractivity contribution in [3.05, 3.63) is 35.9 Å². The summed E-state index contributed by atoms with van der Waals surface area (Å²) in [5, 5.41) is 0. The number of rotatable bonds is 7. The van der Waals surface area contributed by atoms with E-state index in [9.17, 15) is 8.42 Å². The van der Waals surface area contributed by atoms with Crippen LogP contribution in [-0.2, 0) is 20.7 Å². The van der Waals surface area contributed by atoms with Crippen LogP contribution in [0.25, 0.3) is 0 Å². The maximum atomic E-state index is 11.6. The lowest BCUT2D eigenvalue weighted by atomic mass is 10.1. The summed E-state index contributed by atoms with van der Waals surface area (Å²) >= 11 is 0. The summed E-state index contributed by atoms with van der Waals surface area (Å²) in [7, 11) is -4.76. The molecule has 0 radical (unpaired) electrons. The molecule has 2 rings (SSSR count). The molecule has 0 unspecified atom stereocenters. The summed E-state index contributed by atoms with van der Waals surface area (Å²) in [5.74, 6) is 0. The first kappa shape index (κ1) is 16.7. The number of hydrogen-bond donors (Lipinski definition) is 0. The summed E-state index contributed by atoms with van der Waals surface area (Å²) < 4.78 is 28.7. The van der Waals surface area contributed by atoms with Crippen LogP contribution in [0, 0.1) is 0 Å². The maximum Gasteiger partial charge on any atom is 0.264 e. The summed E-state index contributed by atoms with van der Waals surface area (Å²) in [6, 6.07) is 10.3. The first-order valence-corrected chi connectivity index (χ1v) is 13.0. The molecule has 1 aliphatic rings. The van der Waals surface area contributed by atoms with Crippen molar-refractivity contribution in [1.29, 1.82) is 0 Å². The molecular formula is C16H26O3SSi. The Kier molecular flexibility index (Phi) is 4.66. The summed E-state index contributed by atoms with van der Waals surface area (Å²) in [4.78, 5) is 0. The zero-order valence-electron chi connectivity index (χ0n) is 13.4. The third-order valence-electron chi connectivity index (χ3n) is 4.30. The average Bonchev–Trinajstić information content (AvgIpc) is 3.02. The zero-order chi connectivity index (χ0) is 15.7. The van der Waals surface area contributed by atoms with Gasteiger partial charge in [0.1, 0.15) is 0 Å². The molecule has 0 N–H and O–H groups in total. The third kappa shape index (κ3) is 4.66. The highest BCUT2D eigenvalue weighted by Crippen LogP contribution is 2.61. The highest BCUT2D eigenvalue weighted by Gasteiger charge is 2.61. The third-order valence-corrected chi connectivity index (χ3v) is 7.75. The van der Waals surface area contributed by atoms with Crippen LogP contribution < -0.4 is 0 Å². The lowest BCUT2D eigenvalue weighted by molar-refractivity contribution is 0.174. The summed E-state index contributed by atoms with van der Waals surface area (Å²) in [5.41, 5.74) is 1.35. The van der Waals surface area contributed by atoms with Gasteiger partial charge in [-0.25, -0.2) is 0 Å². The molecule has 1 aromatic rings. The topological polar surface area (TPSA) is 43.4 Å². The Morgan fingerprint density at radius 1 is 1.24 bits per heavy atom. The standard InChI is InChI=1S/C16H26O3SSi/c1-20(17,18)19-16(13-15(16)21(2,3)4)12-8-11-14-9-6-5-7-10-14/h5-7,9-10,15H,8,11-13H2,1-4H3/t15-,16-/m1/s1. The molecule has 0 heterocycles. The van der Waals surface area contributed by atoms with E-state index in [4.69, 9.17) is 4.18 Å². The molecule has 0 amide bonds. The maximum absolute atomic E-state index is 11.6. The smallest absolute Gasteiger partial charge is 0.264 e. The van der Waals surface area contributed by atoms with Crippen LogP contribution >= 0.6 is 0 Å². The average molecular weight is 327 g/mol. The Balaban J connectivity index is 1.99. The second kappa shape index (κ2) is 5.86. The first-order valence-electron chi connectivity index (χ1n) is 7.57. The van der Waals surface area contributed by atoms with Crippen LogP contribution in [0.4, 0.5) is 0 Å². The molecule has 1 aromatic carbocycles. The number of hydrogen-bond acceptors (Lipinski definition) is 3. The molecule has 21 heavy (non-hydrogen) atoms. The van der Waals surface area contributed by atoms with Crippen molar-refractivity contribution in [3.8, 4) is 0 Å². The SMILES string of the molecule is C[Si](C)(C)[C@@H]1C[C@@]1(CCCc1ccccc1)OS(C)(=O)=O. The Hall–Kier alpha value is -0.653. The molecule has 3 nitrogen and oxygen atoms in total. The van der Waals surface area contributed by atoms with E-state index in [1.165, 1.54) is 11.8 Å². The fraction of sp³-hybridized carbons (Fsp3) is 0.625. The summed E-state index contributed by atoms with van der Waals surface area (Å²) in [6.07, 6.45) is 4.87. The minimum atomic E-state index is -3.39. The van der Waals surface area contributed by atoms with Gasteiger partial charge in [0.05, 0.1) is 19.9 Å². The molecule has 0 spiro atoms. The molecular weight excluding hydrogens is 300 g/mol. The molecule has 0 aromatic heterocycles. The minimum absolute atomic E-state index is 0.410. The number of benzene rings is 1. The van der Waals surface area contributed by atoms with Crippen molar-refractivity contribution in [2.45, 2.75) is 56.5 Å². The van der Waals surface area contributed by atoms with Gasteiger partial charge in [0, 0.05) is 0 Å². The van der Waals surface area contributed by atoms with Gasteiger partial charge < -0.3 is 0 Å². The van der Waals surface area contributed by atoms with E-state index in [1.54, 1.807) is 0 Å². The quantitative estimate of drug-likeness (QED) is 0.565. The largest absolute Gasteiger partial charge is 0.264 e. The Bertz CT molecular complexity index is 577. The van der Waals surface area contributed by atoms with Gasteiger partial charge in [0.25, 0.3) is 10.1 Å². The molecule has 2 atom stereocenters. The second-order valence-corrected chi connectivity index (χ2v) is 14.3. The fourth-order valence-corrected chi connectivity index (χ4v) is 7.03. The van der Waals surface area contributed by atoms with Gasteiger partial charge in [-0.05, 0) is 36.8 Å². The summed E-state index contributed by atoms with van der Waals surface area (Å²) in [6.45, 7) is 6.88. The van der Waals surface area contributed by atoms with E-state index in [0.29, 0.717) is 5.54 Å². The molecule has 0 bridgehead atoms. The lowest BCUT2D eigenvalue weighted by Gasteiger charge is -2.23. The molecule has 5 heteroatoms. The molecule has 0 saturated heterocycles. The van der Waals surface area contributed by atoms with Gasteiger partial charge in [-0.2, -0.15) is 8.42 Å². The highest BCUT2D eigenvalue weighted by molar-refractivity contribution is 7.86. The van der Waals surface area contributed by atoms with Crippen LogP contribution in [-0.4, -0.2) is 28.3 Å². The molecule has 1 saturated carbocycles. The Morgan fingerprint density at radius 2 is 1.86 bits per heavy atom. The van der Waals surface area contributed by atoms with Crippen molar-refractivity contribution in [1.82, 2.24) is 0 Å². The van der Waals surface area contributed by atoms with Crippen molar-refractivity contribution in [2.24, 2.45) is 0 Å². The molecule has 1 fully saturated rings. The number of aryl methyl sites for hydroxylation is 1. The van der Waals surface area contributed by atoms with Gasteiger partial charge in [0.15, 0.2) is 0 Å². The van der Waals surface area contributed by atoms with E-state index >= 15 is 0 Å². The van der Waals surface area contributed by atoms with Gasteiger partial charge in [0.2, 0.25) is 0 Å². The van der Waals surface area contributed by atoms with Gasteiger partial charge in [-0.15, -0.1) is 0 Å². The van der Waals surface area contributed by atoms with Crippen molar-refractivity contribution >= 4 is 18.2 Å². The van der Waals surface area contributed by atoms with Crippen LogP contribution in [0.15, 0.2) is 30.3 Å². The minimum Gasteiger partial charge on any atom is -0.264 e. The zero-order valence-corrected chi connectivity index (χ0v) is 15.2. The molecule has 1 aliphatic carbocycles. The Morgan fingerprint density at radius 3 is 2.33 bits per heavy atom. The monoisotopic (exact) mass is 326 g/mol. The van der Waals surface area contributed by atoms with Crippen LogP contribution in [0.2, 0.25) is 25.2 Å². The lowest BCUT2D eigenvalue weighted by Crippen LogP contribution is -2.30. The first-order chi connectivity index (χ1) is 9.62. The van der Waals surface area contributed by atoms with Gasteiger partial charge in [-0.1, -0.05) is 50.0 Å². The van der Waals surface area contributed by atoms with Crippen molar-refractivity contribution in [2.75, 3.05) is 6.26 Å². The van der Waals surface area contributed by atoms with Crippen LogP contribution in [0.3, 0.4) is 0 Å². The van der Waals surface area contributed by atoms with Crippen molar-refractivity contribution < 1.29 is 12.6 Å². The normalized spacial score (nSPS) is 25.8. The van der Waals surface area contributed by atoms with E-state index < -0.39 is 23.8 Å². The Labute approximate surface area is 129 Å². The predicted molar refractivity (Wildman–Crippen MR) is 89.8 cm³/mol. The fourth-order valence-electron chi connectivity index (χ4n) is 3.33. The van der Waals surface area contributed by atoms with E-state index in [1.807, 2.05) is 18.2 Å². The van der Waals surface area contributed by atoms with E-state index in [2.05, 4.69) is 31.8 Å². The molecule has 0 aliphatic heterocycles. The van der Waals surface area contributed by atoms with Crippen LogP contribution in [0.1, 0.15) is 24.8 Å². The van der Waals surface area contributed by atoms with Gasteiger partial charge >= 0.3 is 0 Å². The van der Waals surface area contributed by atoms with E-state index in [0.717, 1.165) is 25.7 Å². The second-order valence-electron chi connectivity index (χ2n) is 7.31. The van der Waals surface area contributed by atoms with E-state index in [-0.39, 0.29) is 0 Å². The van der Waals surface area contributed by atoms with Gasteiger partial charge in [-0.3, -0.25) is 4.18 Å². The predicted octanol–water partition coefficient (Wildman–Crippen LogP) is 3.84. The molecule has 118 valence electrons. The van der Waals surface area contributed by atoms with Crippen molar-refractivity contribution in [3.63, 3.8) is 0 Å². The highest BCUT2D eigenvalue weighted by atomic mass is 32.2. The van der Waals surface area contributed by atoms with Crippen LogP contribution in [0.5, 0.6) is 0 Å².